The number of amides is 1. The van der Waals surface area contributed by atoms with E-state index >= 15 is 0 Å². The number of carbonyl (C=O) groups excluding carboxylic acids is 1. The molecule has 0 spiro atoms. The lowest BCUT2D eigenvalue weighted by molar-refractivity contribution is -0.138. The highest BCUT2D eigenvalue weighted by molar-refractivity contribution is 5.99. The minimum absolute atomic E-state index is 0.0582. The maximum Gasteiger partial charge on any atom is 0.419 e. The van der Waals surface area contributed by atoms with E-state index in [4.69, 9.17) is 0 Å². The fourth-order valence-electron chi connectivity index (χ4n) is 4.23. The van der Waals surface area contributed by atoms with E-state index in [9.17, 15) is 26.7 Å². The summed E-state index contributed by atoms with van der Waals surface area (Å²) < 4.78 is 68.9. The second-order valence-corrected chi connectivity index (χ2v) is 8.72. The zero-order chi connectivity index (χ0) is 26.3. The van der Waals surface area contributed by atoms with Gasteiger partial charge in [0.2, 0.25) is 5.95 Å². The van der Waals surface area contributed by atoms with E-state index in [-0.39, 0.29) is 24.0 Å². The second-order valence-electron chi connectivity index (χ2n) is 8.72. The predicted molar refractivity (Wildman–Crippen MR) is 118 cm³/mol. The SMILES string of the molecule is Cc1c(-c2ncccn2)c(C(=O)N2CC(F)(F)CC(C)C2CNc2ncc(C(F)(F)F)cn2)nn1C. The molecule has 0 bridgehead atoms. The maximum atomic E-state index is 14.6. The summed E-state index contributed by atoms with van der Waals surface area (Å²) in [6, 6.07) is 0.865. The third kappa shape index (κ3) is 5.11. The largest absolute Gasteiger partial charge is 0.419 e. The topological polar surface area (TPSA) is 102 Å². The Morgan fingerprint density at radius 1 is 1.17 bits per heavy atom. The first kappa shape index (κ1) is 25.4. The molecule has 36 heavy (non-hydrogen) atoms. The first-order valence-electron chi connectivity index (χ1n) is 11.0. The van der Waals surface area contributed by atoms with Crippen molar-refractivity contribution in [1.82, 2.24) is 34.6 Å². The number of alkyl halides is 5. The van der Waals surface area contributed by atoms with Gasteiger partial charge in [0.1, 0.15) is 0 Å². The molecular formula is C22H23F5N8O. The molecule has 192 valence electrons. The highest BCUT2D eigenvalue weighted by Crippen LogP contribution is 2.36. The Morgan fingerprint density at radius 2 is 1.81 bits per heavy atom. The molecular weight excluding hydrogens is 487 g/mol. The number of rotatable bonds is 5. The van der Waals surface area contributed by atoms with Crippen molar-refractivity contribution in [3.8, 4) is 11.4 Å². The van der Waals surface area contributed by atoms with Crippen molar-refractivity contribution in [3.63, 3.8) is 0 Å². The van der Waals surface area contributed by atoms with Crippen LogP contribution in [0.25, 0.3) is 11.4 Å². The summed E-state index contributed by atoms with van der Waals surface area (Å²) in [6.45, 7) is 2.39. The minimum Gasteiger partial charge on any atom is -0.352 e. The van der Waals surface area contributed by atoms with Gasteiger partial charge in [0.25, 0.3) is 11.8 Å². The highest BCUT2D eigenvalue weighted by Gasteiger charge is 2.47. The Labute approximate surface area is 202 Å². The third-order valence-corrected chi connectivity index (χ3v) is 6.11. The molecule has 0 saturated carbocycles. The van der Waals surface area contributed by atoms with Crippen LogP contribution in [0, 0.1) is 12.8 Å². The van der Waals surface area contributed by atoms with Crippen LogP contribution in [0.1, 0.15) is 35.1 Å². The van der Waals surface area contributed by atoms with Crippen LogP contribution in [-0.4, -0.2) is 65.6 Å². The lowest BCUT2D eigenvalue weighted by Crippen LogP contribution is -2.57. The quantitative estimate of drug-likeness (QED) is 0.524. The molecule has 2 unspecified atom stereocenters. The minimum atomic E-state index is -4.59. The van der Waals surface area contributed by atoms with Crippen molar-refractivity contribution in [3.05, 3.63) is 47.8 Å². The summed E-state index contributed by atoms with van der Waals surface area (Å²) in [6.07, 6.45) is -0.814. The molecule has 4 heterocycles. The lowest BCUT2D eigenvalue weighted by Gasteiger charge is -2.43. The van der Waals surface area contributed by atoms with E-state index < -0.39 is 48.5 Å². The van der Waals surface area contributed by atoms with Crippen LogP contribution in [0.4, 0.5) is 27.9 Å². The number of hydrogen-bond donors (Lipinski definition) is 1. The number of nitrogens with zero attached hydrogens (tertiary/aromatic N) is 7. The van der Waals surface area contributed by atoms with Gasteiger partial charge in [-0.3, -0.25) is 9.48 Å². The molecule has 0 radical (unpaired) electrons. The number of aromatic nitrogens is 6. The molecule has 3 aromatic rings. The zero-order valence-corrected chi connectivity index (χ0v) is 19.6. The second kappa shape index (κ2) is 9.39. The fourth-order valence-corrected chi connectivity index (χ4v) is 4.23. The molecule has 1 saturated heterocycles. The Balaban J connectivity index is 1.63. The zero-order valence-electron chi connectivity index (χ0n) is 19.6. The summed E-state index contributed by atoms with van der Waals surface area (Å²) in [4.78, 5) is 30.4. The Kier molecular flexibility index (Phi) is 6.62. The molecule has 14 heteroatoms. The van der Waals surface area contributed by atoms with Gasteiger partial charge in [0.15, 0.2) is 11.5 Å². The van der Waals surface area contributed by atoms with Crippen LogP contribution in [0.5, 0.6) is 0 Å². The number of likely N-dealkylation sites (tertiary alicyclic amines) is 1. The van der Waals surface area contributed by atoms with E-state index in [0.29, 0.717) is 23.7 Å². The van der Waals surface area contributed by atoms with E-state index in [1.54, 1.807) is 27.0 Å². The van der Waals surface area contributed by atoms with Crippen LogP contribution in [0.3, 0.4) is 0 Å². The first-order chi connectivity index (χ1) is 16.9. The van der Waals surface area contributed by atoms with Gasteiger partial charge in [0, 0.05) is 50.5 Å². The van der Waals surface area contributed by atoms with Crippen molar-refractivity contribution in [2.24, 2.45) is 13.0 Å². The summed E-state index contributed by atoms with van der Waals surface area (Å²) in [5.74, 6) is -4.40. The van der Waals surface area contributed by atoms with Gasteiger partial charge in [-0.25, -0.2) is 28.7 Å². The molecule has 2 atom stereocenters. The molecule has 4 rings (SSSR count). The van der Waals surface area contributed by atoms with E-state index in [0.717, 1.165) is 4.90 Å². The average molecular weight is 510 g/mol. The summed E-state index contributed by atoms with van der Waals surface area (Å²) >= 11 is 0. The van der Waals surface area contributed by atoms with Gasteiger partial charge in [-0.1, -0.05) is 6.92 Å². The van der Waals surface area contributed by atoms with Crippen LogP contribution in [0.2, 0.25) is 0 Å². The van der Waals surface area contributed by atoms with E-state index in [1.165, 1.54) is 17.1 Å². The smallest absolute Gasteiger partial charge is 0.352 e. The van der Waals surface area contributed by atoms with Gasteiger partial charge in [-0.15, -0.1) is 0 Å². The van der Waals surface area contributed by atoms with Crippen molar-refractivity contribution >= 4 is 11.9 Å². The van der Waals surface area contributed by atoms with Crippen molar-refractivity contribution in [1.29, 1.82) is 0 Å². The van der Waals surface area contributed by atoms with Gasteiger partial charge in [0.05, 0.1) is 23.7 Å². The van der Waals surface area contributed by atoms with Crippen LogP contribution >= 0.6 is 0 Å². The lowest BCUT2D eigenvalue weighted by atomic mass is 9.88. The molecule has 3 aromatic heterocycles. The first-order valence-corrected chi connectivity index (χ1v) is 11.0. The monoisotopic (exact) mass is 510 g/mol. The normalized spacial score (nSPS) is 19.8. The van der Waals surface area contributed by atoms with Gasteiger partial charge < -0.3 is 10.2 Å². The summed E-state index contributed by atoms with van der Waals surface area (Å²) in [7, 11) is 1.62. The molecule has 9 nitrogen and oxygen atoms in total. The average Bonchev–Trinajstić information content (AvgIpc) is 3.11. The van der Waals surface area contributed by atoms with Gasteiger partial charge in [-0.05, 0) is 18.9 Å². The van der Waals surface area contributed by atoms with Gasteiger partial charge in [-0.2, -0.15) is 18.3 Å². The highest BCUT2D eigenvalue weighted by atomic mass is 19.4. The van der Waals surface area contributed by atoms with Gasteiger partial charge >= 0.3 is 6.18 Å². The molecule has 1 aliphatic rings. The van der Waals surface area contributed by atoms with E-state index in [2.05, 4.69) is 30.4 Å². The molecule has 1 amide bonds. The Morgan fingerprint density at radius 3 is 2.42 bits per heavy atom. The molecule has 1 fully saturated rings. The predicted octanol–water partition coefficient (Wildman–Crippen LogP) is 3.59. The van der Waals surface area contributed by atoms with Crippen molar-refractivity contribution in [2.45, 2.75) is 38.4 Å². The number of halogens is 5. The molecule has 0 aromatic carbocycles. The van der Waals surface area contributed by atoms with Crippen LogP contribution in [0.15, 0.2) is 30.9 Å². The Bertz CT molecular complexity index is 1230. The number of piperidine rings is 1. The number of carbonyl (C=O) groups is 1. The van der Waals surface area contributed by atoms with Crippen molar-refractivity contribution in [2.75, 3.05) is 18.4 Å². The van der Waals surface area contributed by atoms with E-state index in [1.807, 2.05) is 0 Å². The van der Waals surface area contributed by atoms with Crippen molar-refractivity contribution < 1.29 is 26.7 Å². The molecule has 1 aliphatic heterocycles. The number of nitrogens with one attached hydrogen (secondary N) is 1. The van der Waals surface area contributed by atoms with Crippen LogP contribution < -0.4 is 5.32 Å². The fraction of sp³-hybridized carbons (Fsp3) is 0.455. The third-order valence-electron chi connectivity index (χ3n) is 6.11. The summed E-state index contributed by atoms with van der Waals surface area (Å²) in [5.41, 5.74) is -0.171. The van der Waals surface area contributed by atoms with Crippen LogP contribution in [-0.2, 0) is 13.2 Å². The number of hydrogen-bond acceptors (Lipinski definition) is 7. The number of anilines is 1. The maximum absolute atomic E-state index is 14.6. The standard InChI is InChI=1S/C22H23F5N8O/c1-12-7-21(23,24)11-35(15(12)10-32-20-30-8-14(9-31-20)22(25,26)27)19(36)17-16(13(2)34(3)33-17)18-28-5-4-6-29-18/h4-6,8-9,12,15H,7,10-11H2,1-3H3,(H,30,31,32). The molecule has 0 aliphatic carbocycles. The molecule has 1 N–H and O–H groups in total. The Hall–Kier alpha value is -3.71. The number of aryl methyl sites for hydroxylation is 1. The summed E-state index contributed by atoms with van der Waals surface area (Å²) in [5, 5.41) is 7.04.